The molecular weight excluding hydrogens is 336 g/mol. The SMILES string of the molecule is CC(=O)NCC(=O)N1CCO[C@@H](CN2CCOCC2)[C@@H]1c1cccnc1. The molecule has 142 valence electrons. The average Bonchev–Trinajstić information content (AvgIpc) is 2.67. The lowest BCUT2D eigenvalue weighted by Gasteiger charge is -2.43. The summed E-state index contributed by atoms with van der Waals surface area (Å²) >= 11 is 0. The minimum atomic E-state index is -0.221. The molecule has 2 atom stereocenters. The number of amides is 2. The predicted molar refractivity (Wildman–Crippen MR) is 94.4 cm³/mol. The van der Waals surface area contributed by atoms with Crippen molar-refractivity contribution in [1.82, 2.24) is 20.1 Å². The Balaban J connectivity index is 1.78. The molecule has 1 aromatic heterocycles. The third-order valence-corrected chi connectivity index (χ3v) is 4.73. The van der Waals surface area contributed by atoms with Gasteiger partial charge in [0, 0.05) is 45.5 Å². The van der Waals surface area contributed by atoms with E-state index < -0.39 is 0 Å². The molecule has 2 amide bonds. The van der Waals surface area contributed by atoms with Crippen LogP contribution in [0.5, 0.6) is 0 Å². The van der Waals surface area contributed by atoms with E-state index in [4.69, 9.17) is 9.47 Å². The second-order valence-corrected chi connectivity index (χ2v) is 6.55. The van der Waals surface area contributed by atoms with Gasteiger partial charge in [-0.25, -0.2) is 0 Å². The van der Waals surface area contributed by atoms with Crippen LogP contribution in [0.4, 0.5) is 0 Å². The Kier molecular flexibility index (Phi) is 6.54. The number of carbonyl (C=O) groups is 2. The summed E-state index contributed by atoms with van der Waals surface area (Å²) in [5.41, 5.74) is 0.946. The van der Waals surface area contributed by atoms with Crippen LogP contribution >= 0.6 is 0 Å². The number of nitrogens with one attached hydrogen (secondary N) is 1. The molecule has 3 rings (SSSR count). The highest BCUT2D eigenvalue weighted by molar-refractivity contribution is 5.84. The Morgan fingerprint density at radius 3 is 2.77 bits per heavy atom. The van der Waals surface area contributed by atoms with E-state index in [1.165, 1.54) is 6.92 Å². The van der Waals surface area contributed by atoms with E-state index in [1.54, 1.807) is 12.4 Å². The van der Waals surface area contributed by atoms with Crippen LogP contribution in [0.15, 0.2) is 24.5 Å². The maximum Gasteiger partial charge on any atom is 0.242 e. The predicted octanol–water partition coefficient (Wildman–Crippen LogP) is -0.182. The van der Waals surface area contributed by atoms with Crippen molar-refractivity contribution in [1.29, 1.82) is 0 Å². The van der Waals surface area contributed by atoms with Gasteiger partial charge in [-0.2, -0.15) is 0 Å². The Morgan fingerprint density at radius 2 is 2.08 bits per heavy atom. The maximum absolute atomic E-state index is 12.7. The van der Waals surface area contributed by atoms with Crippen molar-refractivity contribution in [2.45, 2.75) is 19.1 Å². The van der Waals surface area contributed by atoms with E-state index >= 15 is 0 Å². The lowest BCUT2D eigenvalue weighted by Crippen LogP contribution is -2.54. The molecule has 2 aliphatic rings. The van der Waals surface area contributed by atoms with Gasteiger partial charge in [-0.15, -0.1) is 0 Å². The first-order chi connectivity index (χ1) is 12.6. The zero-order valence-corrected chi connectivity index (χ0v) is 15.1. The number of carbonyl (C=O) groups excluding carboxylic acids is 2. The van der Waals surface area contributed by atoms with Gasteiger partial charge in [0.05, 0.1) is 38.5 Å². The van der Waals surface area contributed by atoms with E-state index in [2.05, 4.69) is 15.2 Å². The monoisotopic (exact) mass is 362 g/mol. The smallest absolute Gasteiger partial charge is 0.242 e. The number of pyridine rings is 1. The van der Waals surface area contributed by atoms with Gasteiger partial charge in [0.2, 0.25) is 11.8 Å². The molecule has 0 spiro atoms. The van der Waals surface area contributed by atoms with Gasteiger partial charge in [-0.05, 0) is 11.6 Å². The summed E-state index contributed by atoms with van der Waals surface area (Å²) in [7, 11) is 0. The van der Waals surface area contributed by atoms with Crippen molar-refractivity contribution < 1.29 is 19.1 Å². The van der Waals surface area contributed by atoms with E-state index in [0.29, 0.717) is 13.2 Å². The highest BCUT2D eigenvalue weighted by atomic mass is 16.5. The number of morpholine rings is 2. The maximum atomic E-state index is 12.7. The van der Waals surface area contributed by atoms with Crippen molar-refractivity contribution in [3.05, 3.63) is 30.1 Å². The zero-order valence-electron chi connectivity index (χ0n) is 15.1. The second-order valence-electron chi connectivity index (χ2n) is 6.55. The molecule has 3 heterocycles. The third kappa shape index (κ3) is 4.78. The van der Waals surface area contributed by atoms with Crippen LogP contribution in [0.25, 0.3) is 0 Å². The van der Waals surface area contributed by atoms with Crippen LogP contribution in [0.2, 0.25) is 0 Å². The Hall–Kier alpha value is -2.03. The van der Waals surface area contributed by atoms with Gasteiger partial charge in [-0.3, -0.25) is 19.5 Å². The first-order valence-corrected chi connectivity index (χ1v) is 9.00. The molecule has 0 aromatic carbocycles. The van der Waals surface area contributed by atoms with Gasteiger partial charge in [0.15, 0.2) is 0 Å². The molecule has 2 fully saturated rings. The summed E-state index contributed by atoms with van der Waals surface area (Å²) in [6.45, 7) is 6.27. The van der Waals surface area contributed by atoms with Crippen molar-refractivity contribution in [3.8, 4) is 0 Å². The first kappa shape index (κ1) is 18.8. The van der Waals surface area contributed by atoms with E-state index in [9.17, 15) is 9.59 Å². The molecule has 0 radical (unpaired) electrons. The lowest BCUT2D eigenvalue weighted by atomic mass is 9.98. The first-order valence-electron chi connectivity index (χ1n) is 9.00. The number of hydrogen-bond donors (Lipinski definition) is 1. The van der Waals surface area contributed by atoms with Crippen molar-refractivity contribution in [3.63, 3.8) is 0 Å². The van der Waals surface area contributed by atoms with Crippen LogP contribution in [-0.2, 0) is 19.1 Å². The number of hydrogen-bond acceptors (Lipinski definition) is 6. The largest absolute Gasteiger partial charge is 0.379 e. The number of ether oxygens (including phenoxy) is 2. The molecule has 2 saturated heterocycles. The van der Waals surface area contributed by atoms with Gasteiger partial charge >= 0.3 is 0 Å². The topological polar surface area (TPSA) is 84.0 Å². The lowest BCUT2D eigenvalue weighted by molar-refractivity contribution is -0.149. The standard InChI is InChI=1S/C18H26N4O4/c1-14(23)20-12-17(24)22-7-10-26-16(13-21-5-8-25-9-6-21)18(22)15-3-2-4-19-11-15/h2-4,11,16,18H,5-10,12-13H2,1H3,(H,20,23)/t16-,18-/m0/s1. The molecule has 1 N–H and O–H groups in total. The molecule has 0 bridgehead atoms. The van der Waals surface area contributed by atoms with Crippen LogP contribution in [0, 0.1) is 0 Å². The van der Waals surface area contributed by atoms with Crippen molar-refractivity contribution in [2.75, 3.05) is 52.5 Å². The summed E-state index contributed by atoms with van der Waals surface area (Å²) < 4.78 is 11.5. The Bertz CT molecular complexity index is 606. The summed E-state index contributed by atoms with van der Waals surface area (Å²) in [5.74, 6) is -0.321. The number of nitrogens with zero attached hydrogens (tertiary/aromatic N) is 3. The molecule has 8 nitrogen and oxygen atoms in total. The van der Waals surface area contributed by atoms with Crippen LogP contribution in [0.3, 0.4) is 0 Å². The fraction of sp³-hybridized carbons (Fsp3) is 0.611. The summed E-state index contributed by atoms with van der Waals surface area (Å²) in [6.07, 6.45) is 3.35. The van der Waals surface area contributed by atoms with E-state index in [0.717, 1.165) is 38.4 Å². The second kappa shape index (κ2) is 9.07. The summed E-state index contributed by atoms with van der Waals surface area (Å²) in [4.78, 5) is 32.2. The quantitative estimate of drug-likeness (QED) is 0.782. The number of aromatic nitrogens is 1. The third-order valence-electron chi connectivity index (χ3n) is 4.73. The molecule has 1 aromatic rings. The fourth-order valence-electron chi connectivity index (χ4n) is 3.45. The van der Waals surface area contributed by atoms with Gasteiger partial charge in [-0.1, -0.05) is 6.07 Å². The molecular formula is C18H26N4O4. The summed E-state index contributed by atoms with van der Waals surface area (Å²) in [5, 5.41) is 2.60. The van der Waals surface area contributed by atoms with Gasteiger partial charge < -0.3 is 19.7 Å². The summed E-state index contributed by atoms with van der Waals surface area (Å²) in [6, 6.07) is 3.62. The number of rotatable bonds is 5. The van der Waals surface area contributed by atoms with E-state index in [-0.39, 0.29) is 30.5 Å². The van der Waals surface area contributed by atoms with Crippen LogP contribution in [-0.4, -0.2) is 85.2 Å². The van der Waals surface area contributed by atoms with Crippen LogP contribution < -0.4 is 5.32 Å². The van der Waals surface area contributed by atoms with Gasteiger partial charge in [0.1, 0.15) is 0 Å². The molecule has 26 heavy (non-hydrogen) atoms. The van der Waals surface area contributed by atoms with Gasteiger partial charge in [0.25, 0.3) is 0 Å². The molecule has 8 heteroatoms. The minimum absolute atomic E-state index is 0.00360. The van der Waals surface area contributed by atoms with Crippen molar-refractivity contribution >= 4 is 11.8 Å². The fourth-order valence-corrected chi connectivity index (χ4v) is 3.45. The molecule has 0 unspecified atom stereocenters. The normalized spacial score (nSPS) is 24.3. The Labute approximate surface area is 153 Å². The molecule has 2 aliphatic heterocycles. The molecule has 0 saturated carbocycles. The minimum Gasteiger partial charge on any atom is -0.379 e. The van der Waals surface area contributed by atoms with Crippen LogP contribution in [0.1, 0.15) is 18.5 Å². The highest BCUT2D eigenvalue weighted by Crippen LogP contribution is 2.30. The van der Waals surface area contributed by atoms with Crippen molar-refractivity contribution in [2.24, 2.45) is 0 Å². The molecule has 0 aliphatic carbocycles. The Morgan fingerprint density at radius 1 is 1.27 bits per heavy atom. The van der Waals surface area contributed by atoms with E-state index in [1.807, 2.05) is 17.0 Å². The highest BCUT2D eigenvalue weighted by Gasteiger charge is 2.37. The average molecular weight is 362 g/mol. The zero-order chi connectivity index (χ0) is 18.4.